The van der Waals surface area contributed by atoms with Gasteiger partial charge < -0.3 is 14.5 Å². The number of carbonyl (C=O) groups is 2. The van der Waals surface area contributed by atoms with Gasteiger partial charge in [0.05, 0.1) is 18.7 Å². The van der Waals surface area contributed by atoms with Gasteiger partial charge in [-0.25, -0.2) is 4.79 Å². The maximum Gasteiger partial charge on any atom is 0.409 e. The molecule has 5 aliphatic rings. The Hall–Kier alpha value is -1.28. The van der Waals surface area contributed by atoms with Gasteiger partial charge in [0.2, 0.25) is 5.91 Å². The molecule has 8 nitrogen and oxygen atoms in total. The number of halogens is 2. The normalized spacial score (nSPS) is 40.5. The summed E-state index contributed by atoms with van der Waals surface area (Å²) < 4.78 is 5.66. The molecule has 0 bridgehead atoms. The number of amides is 2. The van der Waals surface area contributed by atoms with Crippen molar-refractivity contribution in [2.75, 3.05) is 32.8 Å². The van der Waals surface area contributed by atoms with Crippen LogP contribution in [0.2, 0.25) is 0 Å². The third kappa shape index (κ3) is 5.37. The topological polar surface area (TPSA) is 86.6 Å². The number of carbonyl (C=O) groups excluding carboxylic acids is 2. The van der Waals surface area contributed by atoms with Crippen LogP contribution in [0.3, 0.4) is 0 Å². The van der Waals surface area contributed by atoms with Gasteiger partial charge in [0.1, 0.15) is 0 Å². The fraction of sp³-hybridized carbons (Fsp3) is 0.913. The molecule has 2 amide bonds. The molecule has 184 valence electrons. The van der Waals surface area contributed by atoms with Crippen LogP contribution in [0.4, 0.5) is 4.79 Å². The number of hydrogen-bond acceptors (Lipinski definition) is 6. The number of fused-ring (bicyclic) bond motifs is 2. The number of hydrogen-bond donors (Lipinski definition) is 1. The Balaban J connectivity index is 1.07. The fourth-order valence-electron chi connectivity index (χ4n) is 6.52. The van der Waals surface area contributed by atoms with Crippen LogP contribution in [0.1, 0.15) is 51.4 Å². The van der Waals surface area contributed by atoms with Crippen LogP contribution in [0.15, 0.2) is 10.3 Å². The number of rotatable bonds is 3. The third-order valence-electron chi connectivity index (χ3n) is 8.41. The van der Waals surface area contributed by atoms with Gasteiger partial charge in [-0.1, -0.05) is 5.22 Å². The zero-order valence-corrected chi connectivity index (χ0v) is 20.6. The number of ether oxygens (including phenoxy) is 1. The highest BCUT2D eigenvalue weighted by Crippen LogP contribution is 2.36. The molecule has 2 saturated carbocycles. The lowest BCUT2D eigenvalue weighted by atomic mass is 9.82. The van der Waals surface area contributed by atoms with Crippen LogP contribution in [-0.2, 0) is 9.53 Å². The first-order chi connectivity index (χ1) is 16.0. The SMILES string of the molecule is O=C(OCC1CC(Cl)CC(Cl)C1)N1CC2CCN(C(=O)C3CCC4N=NNC4C3)CCC2C1. The maximum atomic E-state index is 13.2. The van der Waals surface area contributed by atoms with Gasteiger partial charge in [-0.15, -0.1) is 23.2 Å². The second-order valence-corrected chi connectivity index (χ2v) is 11.9. The van der Waals surface area contributed by atoms with E-state index in [0.29, 0.717) is 24.3 Å². The molecule has 3 heterocycles. The van der Waals surface area contributed by atoms with E-state index in [9.17, 15) is 9.59 Å². The summed E-state index contributed by atoms with van der Waals surface area (Å²) >= 11 is 12.6. The minimum atomic E-state index is -0.213. The molecule has 10 heteroatoms. The highest BCUT2D eigenvalue weighted by atomic mass is 35.5. The average Bonchev–Trinajstić information content (AvgIpc) is 3.38. The number of nitrogens with zero attached hydrogens (tertiary/aromatic N) is 4. The third-order valence-corrected chi connectivity index (χ3v) is 9.12. The zero-order chi connectivity index (χ0) is 22.9. The van der Waals surface area contributed by atoms with Crippen molar-refractivity contribution < 1.29 is 14.3 Å². The van der Waals surface area contributed by atoms with Gasteiger partial charge >= 0.3 is 6.09 Å². The highest BCUT2D eigenvalue weighted by Gasteiger charge is 2.41. The van der Waals surface area contributed by atoms with E-state index in [2.05, 4.69) is 20.7 Å². The molecular weight excluding hydrogens is 465 g/mol. The molecule has 3 aliphatic heterocycles. The van der Waals surface area contributed by atoms with E-state index < -0.39 is 0 Å². The molecule has 0 aromatic heterocycles. The molecule has 2 aliphatic carbocycles. The predicted octanol–water partition coefficient (Wildman–Crippen LogP) is 3.82. The Labute approximate surface area is 205 Å². The second-order valence-electron chi connectivity index (χ2n) is 10.7. The largest absolute Gasteiger partial charge is 0.449 e. The number of likely N-dealkylation sites (tertiary alicyclic amines) is 2. The summed E-state index contributed by atoms with van der Waals surface area (Å²) in [6, 6.07) is 0.465. The van der Waals surface area contributed by atoms with Crippen LogP contribution in [0.5, 0.6) is 0 Å². The average molecular weight is 500 g/mol. The van der Waals surface area contributed by atoms with E-state index in [-0.39, 0.29) is 40.8 Å². The highest BCUT2D eigenvalue weighted by molar-refractivity contribution is 6.23. The van der Waals surface area contributed by atoms with Crippen LogP contribution in [0.25, 0.3) is 0 Å². The van der Waals surface area contributed by atoms with Gasteiger partial charge in [0.25, 0.3) is 0 Å². The van der Waals surface area contributed by atoms with Crippen molar-refractivity contribution >= 4 is 35.2 Å². The molecule has 33 heavy (non-hydrogen) atoms. The Morgan fingerprint density at radius 3 is 2.30 bits per heavy atom. The minimum Gasteiger partial charge on any atom is -0.449 e. The number of nitrogens with one attached hydrogen (secondary N) is 1. The van der Waals surface area contributed by atoms with Crippen LogP contribution in [0, 0.1) is 23.7 Å². The Kier molecular flexibility index (Phi) is 7.21. The smallest absolute Gasteiger partial charge is 0.409 e. The summed E-state index contributed by atoms with van der Waals surface area (Å²) in [5.74, 6) is 1.49. The van der Waals surface area contributed by atoms with Crippen LogP contribution < -0.4 is 5.43 Å². The summed E-state index contributed by atoms with van der Waals surface area (Å²) in [6.45, 7) is 3.43. The van der Waals surface area contributed by atoms with E-state index >= 15 is 0 Å². The summed E-state index contributed by atoms with van der Waals surface area (Å²) in [5.41, 5.74) is 3.07. The number of alkyl halides is 2. The molecule has 0 spiro atoms. The summed E-state index contributed by atoms with van der Waals surface area (Å²) in [6.07, 6.45) is 6.90. The van der Waals surface area contributed by atoms with Gasteiger partial charge in [-0.05, 0) is 69.1 Å². The first kappa shape index (κ1) is 23.5. The van der Waals surface area contributed by atoms with Crippen LogP contribution in [-0.4, -0.2) is 77.4 Å². The molecule has 2 saturated heterocycles. The molecule has 7 unspecified atom stereocenters. The zero-order valence-electron chi connectivity index (χ0n) is 19.1. The Bertz CT molecular complexity index is 744. The lowest BCUT2D eigenvalue weighted by Gasteiger charge is -2.32. The minimum absolute atomic E-state index is 0.0727. The quantitative estimate of drug-likeness (QED) is 0.597. The first-order valence-corrected chi connectivity index (χ1v) is 13.5. The molecule has 5 rings (SSSR count). The molecular formula is C23H35Cl2N5O3. The van der Waals surface area contributed by atoms with Crippen molar-refractivity contribution in [1.29, 1.82) is 0 Å². The first-order valence-electron chi connectivity index (χ1n) is 12.6. The lowest BCUT2D eigenvalue weighted by molar-refractivity contribution is -0.136. The van der Waals surface area contributed by atoms with Crippen molar-refractivity contribution in [3.63, 3.8) is 0 Å². The summed E-state index contributed by atoms with van der Waals surface area (Å²) in [4.78, 5) is 29.8. The van der Waals surface area contributed by atoms with Gasteiger partial charge in [0, 0.05) is 42.9 Å². The van der Waals surface area contributed by atoms with Crippen molar-refractivity contribution in [2.24, 2.45) is 34.0 Å². The second kappa shape index (κ2) is 10.1. The summed E-state index contributed by atoms with van der Waals surface area (Å²) in [5, 5.41) is 8.32. The van der Waals surface area contributed by atoms with Gasteiger partial charge in [0.15, 0.2) is 0 Å². The fourth-order valence-corrected chi connectivity index (χ4v) is 7.54. The Morgan fingerprint density at radius 1 is 0.909 bits per heavy atom. The van der Waals surface area contributed by atoms with Crippen LogP contribution >= 0.6 is 23.2 Å². The molecule has 0 aromatic rings. The van der Waals surface area contributed by atoms with E-state index in [4.69, 9.17) is 27.9 Å². The Morgan fingerprint density at radius 2 is 1.61 bits per heavy atom. The van der Waals surface area contributed by atoms with Gasteiger partial charge in [-0.2, -0.15) is 5.11 Å². The van der Waals surface area contributed by atoms with Crippen molar-refractivity contribution in [3.8, 4) is 0 Å². The summed E-state index contributed by atoms with van der Waals surface area (Å²) in [7, 11) is 0. The molecule has 4 fully saturated rings. The molecule has 7 atom stereocenters. The van der Waals surface area contributed by atoms with Crippen molar-refractivity contribution in [3.05, 3.63) is 0 Å². The maximum absolute atomic E-state index is 13.2. The van der Waals surface area contributed by atoms with Crippen molar-refractivity contribution in [1.82, 2.24) is 15.2 Å². The van der Waals surface area contributed by atoms with E-state index in [1.165, 1.54) is 0 Å². The van der Waals surface area contributed by atoms with E-state index in [1.54, 1.807) is 0 Å². The van der Waals surface area contributed by atoms with Crippen molar-refractivity contribution in [2.45, 2.75) is 74.2 Å². The van der Waals surface area contributed by atoms with E-state index in [0.717, 1.165) is 77.5 Å². The standard InChI is InChI=1S/C23H35Cl2N5O3/c24-18-7-14(8-19(25)10-18)13-33-23(32)30-11-16-3-5-29(6-4-17(16)12-30)22(31)15-1-2-20-21(9-15)27-28-26-20/h14-21H,1-13H2,(H,26,27). The molecule has 0 aromatic carbocycles. The monoisotopic (exact) mass is 499 g/mol. The molecule has 0 radical (unpaired) electrons. The van der Waals surface area contributed by atoms with Gasteiger partial charge in [-0.3, -0.25) is 10.2 Å². The molecule has 1 N–H and O–H groups in total. The lowest BCUT2D eigenvalue weighted by Crippen LogP contribution is -2.44. The van der Waals surface area contributed by atoms with E-state index in [1.807, 2.05) is 4.90 Å². The predicted molar refractivity (Wildman–Crippen MR) is 125 cm³/mol.